The fourth-order valence-corrected chi connectivity index (χ4v) is 0.831. The van der Waals surface area contributed by atoms with E-state index in [9.17, 15) is 9.59 Å². The molecule has 0 aliphatic carbocycles. The molecular weight excluding hydrogens is 252 g/mol. The topological polar surface area (TPSA) is 59.0 Å². The molecule has 0 radical (unpaired) electrons. The summed E-state index contributed by atoms with van der Waals surface area (Å²) >= 11 is 6.83. The molecule has 0 saturated carbocycles. The van der Waals surface area contributed by atoms with Gasteiger partial charge in [-0.2, -0.15) is 11.8 Å². The lowest BCUT2D eigenvalue weighted by atomic mass is 10.2. The maximum Gasteiger partial charge on any atom is 0.442 e. The normalized spacial score (nSPS) is 11.6. The Labute approximate surface area is 104 Å². The molecule has 0 heterocycles. The summed E-state index contributed by atoms with van der Waals surface area (Å²) in [5.74, 6) is -0.808. The predicted octanol–water partition coefficient (Wildman–Crippen LogP) is 1.95. The average molecular weight is 267 g/mol. The van der Waals surface area contributed by atoms with Crippen molar-refractivity contribution >= 4 is 41.6 Å². The lowest BCUT2D eigenvalue weighted by molar-refractivity contribution is -0.125. The van der Waals surface area contributed by atoms with Gasteiger partial charge in [0, 0.05) is 11.8 Å². The average Bonchev–Trinajstić information content (AvgIpc) is 2.26. The maximum atomic E-state index is 11.2. The number of alkyl halides is 1. The van der Waals surface area contributed by atoms with Crippen LogP contribution in [0.2, 0.25) is 0 Å². The van der Waals surface area contributed by atoms with Gasteiger partial charge in [0.2, 0.25) is 5.91 Å². The van der Waals surface area contributed by atoms with Gasteiger partial charge in [-0.1, -0.05) is 5.16 Å². The van der Waals surface area contributed by atoms with Crippen molar-refractivity contribution in [2.24, 2.45) is 5.16 Å². The predicted molar refractivity (Wildman–Crippen MR) is 66.1 cm³/mol. The number of imide groups is 1. The van der Waals surface area contributed by atoms with Crippen molar-refractivity contribution in [2.45, 2.75) is 18.6 Å². The van der Waals surface area contributed by atoms with Gasteiger partial charge in [0.25, 0.3) is 0 Å². The molecule has 0 aliphatic rings. The van der Waals surface area contributed by atoms with Crippen LogP contribution in [-0.2, 0) is 9.63 Å². The summed E-state index contributed by atoms with van der Waals surface area (Å²) < 4.78 is -0.227. The number of nitrogens with zero attached hydrogens (tertiary/aromatic N) is 2. The van der Waals surface area contributed by atoms with Crippen LogP contribution in [0.4, 0.5) is 4.79 Å². The first-order valence-electron chi connectivity index (χ1n) is 4.47. The third-order valence-electron chi connectivity index (χ3n) is 1.78. The Morgan fingerprint density at radius 1 is 1.56 bits per heavy atom. The summed E-state index contributed by atoms with van der Waals surface area (Å²) in [6.07, 6.45) is 2.56. The Bertz CT molecular complexity index is 294. The van der Waals surface area contributed by atoms with E-state index in [0.29, 0.717) is 0 Å². The minimum atomic E-state index is -0.848. The van der Waals surface area contributed by atoms with E-state index in [1.54, 1.807) is 11.8 Å². The summed E-state index contributed by atoms with van der Waals surface area (Å²) in [6, 6.07) is 0. The van der Waals surface area contributed by atoms with Crippen LogP contribution >= 0.6 is 23.4 Å². The molecule has 0 spiro atoms. The number of hydrogen-bond donors (Lipinski definition) is 0. The van der Waals surface area contributed by atoms with Gasteiger partial charge >= 0.3 is 6.09 Å². The molecule has 0 fully saturated rings. The van der Waals surface area contributed by atoms with Gasteiger partial charge < -0.3 is 0 Å². The second kappa shape index (κ2) is 6.75. The third kappa shape index (κ3) is 5.37. The number of carbonyl (C=O) groups excluding carboxylic acids is 2. The smallest absolute Gasteiger partial charge is 0.298 e. The van der Waals surface area contributed by atoms with Crippen LogP contribution in [0.3, 0.4) is 0 Å². The minimum absolute atomic E-state index is 0.227. The van der Waals surface area contributed by atoms with E-state index in [1.165, 1.54) is 13.3 Å². The molecule has 0 atom stereocenters. The summed E-state index contributed by atoms with van der Waals surface area (Å²) in [6.45, 7) is 3.84. The molecule has 92 valence electrons. The van der Waals surface area contributed by atoms with Gasteiger partial charge in [0.05, 0.1) is 6.21 Å². The van der Waals surface area contributed by atoms with Crippen molar-refractivity contribution in [1.82, 2.24) is 4.90 Å². The maximum absolute atomic E-state index is 11.2. The number of amides is 2. The van der Waals surface area contributed by atoms with Gasteiger partial charge in [-0.3, -0.25) is 9.63 Å². The highest BCUT2D eigenvalue weighted by molar-refractivity contribution is 8.00. The summed E-state index contributed by atoms with van der Waals surface area (Å²) in [4.78, 5) is 27.5. The van der Waals surface area contributed by atoms with Gasteiger partial charge in [0.1, 0.15) is 5.88 Å². The Hall–Kier alpha value is -0.750. The molecular formula is C9H15ClN2O3S. The number of thioether (sulfide) groups is 1. The summed E-state index contributed by atoms with van der Waals surface area (Å²) in [5, 5.41) is 3.52. The van der Waals surface area contributed by atoms with Gasteiger partial charge in [-0.15, -0.1) is 11.6 Å². The van der Waals surface area contributed by atoms with Crippen molar-refractivity contribution in [3.8, 4) is 0 Å². The number of carbonyl (C=O) groups is 2. The first-order chi connectivity index (χ1) is 7.34. The van der Waals surface area contributed by atoms with Gasteiger partial charge in [-0.25, -0.2) is 9.69 Å². The molecule has 0 saturated heterocycles. The molecule has 2 amide bonds. The van der Waals surface area contributed by atoms with E-state index in [4.69, 9.17) is 11.6 Å². The second-order valence-corrected chi connectivity index (χ2v) is 5.21. The van der Waals surface area contributed by atoms with Crippen LogP contribution in [0.15, 0.2) is 5.16 Å². The van der Waals surface area contributed by atoms with E-state index in [1.807, 2.05) is 20.1 Å². The van der Waals surface area contributed by atoms with Crippen LogP contribution in [0, 0.1) is 0 Å². The molecule has 0 unspecified atom stereocenters. The molecule has 0 aromatic heterocycles. The zero-order valence-electron chi connectivity index (χ0n) is 9.69. The Morgan fingerprint density at radius 3 is 2.56 bits per heavy atom. The van der Waals surface area contributed by atoms with Crippen molar-refractivity contribution in [1.29, 1.82) is 0 Å². The standard InChI is InChI=1S/C9H15ClN2O3S/c1-9(2,16-4)6-11-15-8(14)12(3)7(13)5-10/h6H,5H2,1-4H3. The Kier molecular flexibility index (Phi) is 6.43. The highest BCUT2D eigenvalue weighted by atomic mass is 35.5. The third-order valence-corrected chi connectivity index (χ3v) is 3.17. The first kappa shape index (κ1) is 15.2. The lowest BCUT2D eigenvalue weighted by Crippen LogP contribution is -2.33. The van der Waals surface area contributed by atoms with Crippen molar-refractivity contribution in [2.75, 3.05) is 19.2 Å². The summed E-state index contributed by atoms with van der Waals surface area (Å²) in [7, 11) is 1.28. The van der Waals surface area contributed by atoms with Crippen molar-refractivity contribution in [3.63, 3.8) is 0 Å². The van der Waals surface area contributed by atoms with Crippen LogP contribution in [0.25, 0.3) is 0 Å². The van der Waals surface area contributed by atoms with Crippen LogP contribution in [0.1, 0.15) is 13.8 Å². The molecule has 0 bridgehead atoms. The minimum Gasteiger partial charge on any atom is -0.298 e. The second-order valence-electron chi connectivity index (χ2n) is 3.49. The quantitative estimate of drug-likeness (QED) is 0.338. The molecule has 0 rings (SSSR count). The first-order valence-corrected chi connectivity index (χ1v) is 6.23. The fraction of sp³-hybridized carbons (Fsp3) is 0.667. The van der Waals surface area contributed by atoms with E-state index in [2.05, 4.69) is 9.99 Å². The number of oxime groups is 1. The Morgan fingerprint density at radius 2 is 2.12 bits per heavy atom. The van der Waals surface area contributed by atoms with E-state index >= 15 is 0 Å². The molecule has 0 N–H and O–H groups in total. The molecule has 0 aromatic rings. The lowest BCUT2D eigenvalue weighted by Gasteiger charge is -2.15. The number of hydrogen-bond acceptors (Lipinski definition) is 5. The largest absolute Gasteiger partial charge is 0.442 e. The van der Waals surface area contributed by atoms with E-state index in [0.717, 1.165) is 4.90 Å². The SMILES string of the molecule is CSC(C)(C)C=NOC(=O)N(C)C(=O)CCl. The Balaban J connectivity index is 4.22. The van der Waals surface area contributed by atoms with Crippen molar-refractivity contribution < 1.29 is 14.4 Å². The zero-order chi connectivity index (χ0) is 12.8. The molecule has 0 aromatic carbocycles. The van der Waals surface area contributed by atoms with E-state index < -0.39 is 12.0 Å². The number of halogens is 1. The molecule has 7 heteroatoms. The molecule has 0 aliphatic heterocycles. The van der Waals surface area contributed by atoms with Crippen LogP contribution < -0.4 is 0 Å². The molecule has 5 nitrogen and oxygen atoms in total. The van der Waals surface area contributed by atoms with Gasteiger partial charge in [-0.05, 0) is 20.1 Å². The van der Waals surface area contributed by atoms with Crippen LogP contribution in [0.5, 0.6) is 0 Å². The highest BCUT2D eigenvalue weighted by Gasteiger charge is 2.18. The monoisotopic (exact) mass is 266 g/mol. The summed E-state index contributed by atoms with van der Waals surface area (Å²) in [5.41, 5.74) is 0. The zero-order valence-corrected chi connectivity index (χ0v) is 11.3. The van der Waals surface area contributed by atoms with Crippen LogP contribution in [-0.4, -0.2) is 47.0 Å². The molecule has 16 heavy (non-hydrogen) atoms. The number of rotatable bonds is 4. The van der Waals surface area contributed by atoms with Crippen molar-refractivity contribution in [3.05, 3.63) is 0 Å². The fourth-order valence-electron chi connectivity index (χ4n) is 0.504. The highest BCUT2D eigenvalue weighted by Crippen LogP contribution is 2.18. The van der Waals surface area contributed by atoms with E-state index in [-0.39, 0.29) is 10.6 Å². The van der Waals surface area contributed by atoms with Gasteiger partial charge in [0.15, 0.2) is 0 Å².